The van der Waals surface area contributed by atoms with Crippen LogP contribution in [0, 0.1) is 0 Å². The van der Waals surface area contributed by atoms with Crippen LogP contribution in [-0.4, -0.2) is 66.3 Å². The van der Waals surface area contributed by atoms with E-state index in [1.54, 1.807) is 0 Å². The molecule has 2 rings (SSSR count). The van der Waals surface area contributed by atoms with Crippen molar-refractivity contribution < 1.29 is 24.2 Å². The van der Waals surface area contributed by atoms with Crippen LogP contribution in [0.15, 0.2) is 0 Å². The molecule has 0 saturated carbocycles. The van der Waals surface area contributed by atoms with E-state index in [-0.39, 0.29) is 25.1 Å². The Morgan fingerprint density at radius 2 is 2.25 bits per heavy atom. The first-order chi connectivity index (χ1) is 9.58. The van der Waals surface area contributed by atoms with Crippen molar-refractivity contribution in [1.29, 1.82) is 0 Å². The SMILES string of the molecule is O=C1CN(C(=O)NCC2CCCCO2)C(C(=O)O)CN1. The van der Waals surface area contributed by atoms with Crippen molar-refractivity contribution in [2.24, 2.45) is 0 Å². The van der Waals surface area contributed by atoms with Crippen molar-refractivity contribution in [2.45, 2.75) is 31.4 Å². The number of hydrogen-bond donors (Lipinski definition) is 3. The number of carbonyl (C=O) groups excluding carboxylic acids is 2. The van der Waals surface area contributed by atoms with Crippen LogP contribution in [0.4, 0.5) is 4.79 Å². The van der Waals surface area contributed by atoms with E-state index in [0.29, 0.717) is 13.2 Å². The summed E-state index contributed by atoms with van der Waals surface area (Å²) in [5.74, 6) is -1.49. The van der Waals surface area contributed by atoms with Crippen molar-refractivity contribution >= 4 is 17.9 Å². The molecular formula is C12H19N3O5. The second kappa shape index (κ2) is 6.56. The molecule has 2 aliphatic rings. The van der Waals surface area contributed by atoms with E-state index >= 15 is 0 Å². The molecule has 0 spiro atoms. The minimum absolute atomic E-state index is 0.0328. The third-order valence-electron chi connectivity index (χ3n) is 3.48. The number of carbonyl (C=O) groups is 3. The smallest absolute Gasteiger partial charge is 0.328 e. The van der Waals surface area contributed by atoms with E-state index in [1.165, 1.54) is 0 Å². The normalized spacial score (nSPS) is 26.8. The van der Waals surface area contributed by atoms with Gasteiger partial charge in [-0.25, -0.2) is 9.59 Å². The minimum atomic E-state index is -1.13. The van der Waals surface area contributed by atoms with Crippen molar-refractivity contribution in [1.82, 2.24) is 15.5 Å². The van der Waals surface area contributed by atoms with E-state index < -0.39 is 18.0 Å². The van der Waals surface area contributed by atoms with Crippen LogP contribution in [0.25, 0.3) is 0 Å². The van der Waals surface area contributed by atoms with Crippen LogP contribution in [0.1, 0.15) is 19.3 Å². The molecule has 0 aliphatic carbocycles. The Bertz CT molecular complexity index is 395. The van der Waals surface area contributed by atoms with Crippen LogP contribution >= 0.6 is 0 Å². The predicted molar refractivity (Wildman–Crippen MR) is 68.1 cm³/mol. The van der Waals surface area contributed by atoms with Crippen molar-refractivity contribution in [3.05, 3.63) is 0 Å². The van der Waals surface area contributed by atoms with Crippen molar-refractivity contribution in [2.75, 3.05) is 26.2 Å². The number of rotatable bonds is 3. The fourth-order valence-corrected chi connectivity index (χ4v) is 2.35. The van der Waals surface area contributed by atoms with Gasteiger partial charge in [-0.2, -0.15) is 0 Å². The summed E-state index contributed by atoms with van der Waals surface area (Å²) in [7, 11) is 0. The van der Waals surface area contributed by atoms with Gasteiger partial charge in [-0.15, -0.1) is 0 Å². The average molecular weight is 285 g/mol. The van der Waals surface area contributed by atoms with Gasteiger partial charge in [-0.3, -0.25) is 9.69 Å². The van der Waals surface area contributed by atoms with Gasteiger partial charge in [0.15, 0.2) is 0 Å². The van der Waals surface area contributed by atoms with Crippen LogP contribution < -0.4 is 10.6 Å². The summed E-state index contributed by atoms with van der Waals surface area (Å²) in [5.41, 5.74) is 0. The lowest BCUT2D eigenvalue weighted by Crippen LogP contribution is -2.61. The molecule has 0 bridgehead atoms. The zero-order chi connectivity index (χ0) is 14.5. The number of ether oxygens (including phenoxy) is 1. The van der Waals surface area contributed by atoms with Gasteiger partial charge in [0.05, 0.1) is 6.10 Å². The summed E-state index contributed by atoms with van der Waals surface area (Å²) < 4.78 is 5.48. The molecule has 8 heteroatoms. The van der Waals surface area contributed by atoms with E-state index in [1.807, 2.05) is 0 Å². The fraction of sp³-hybridized carbons (Fsp3) is 0.750. The van der Waals surface area contributed by atoms with Gasteiger partial charge in [0, 0.05) is 19.7 Å². The molecule has 0 aromatic rings. The molecule has 2 fully saturated rings. The molecule has 2 heterocycles. The van der Waals surface area contributed by atoms with Gasteiger partial charge in [0.1, 0.15) is 12.6 Å². The maximum atomic E-state index is 12.0. The highest BCUT2D eigenvalue weighted by Gasteiger charge is 2.35. The molecule has 2 aliphatic heterocycles. The second-order valence-corrected chi connectivity index (χ2v) is 4.96. The molecule has 0 radical (unpaired) electrons. The van der Waals surface area contributed by atoms with Gasteiger partial charge in [0.2, 0.25) is 5.91 Å². The zero-order valence-electron chi connectivity index (χ0n) is 11.1. The summed E-state index contributed by atoms with van der Waals surface area (Å²) in [4.78, 5) is 35.4. The average Bonchev–Trinajstić information content (AvgIpc) is 2.45. The fourth-order valence-electron chi connectivity index (χ4n) is 2.35. The molecule has 8 nitrogen and oxygen atoms in total. The molecule has 0 aromatic heterocycles. The highest BCUT2D eigenvalue weighted by atomic mass is 16.5. The molecule has 20 heavy (non-hydrogen) atoms. The van der Waals surface area contributed by atoms with E-state index in [4.69, 9.17) is 9.84 Å². The Labute approximate surface area is 116 Å². The van der Waals surface area contributed by atoms with Gasteiger partial charge >= 0.3 is 12.0 Å². The highest BCUT2D eigenvalue weighted by Crippen LogP contribution is 2.12. The molecule has 2 unspecified atom stereocenters. The first-order valence-electron chi connectivity index (χ1n) is 6.73. The number of carboxylic acid groups (broad SMARTS) is 1. The summed E-state index contributed by atoms with van der Waals surface area (Å²) in [5, 5.41) is 14.1. The summed E-state index contributed by atoms with van der Waals surface area (Å²) in [6.07, 6.45) is 2.93. The van der Waals surface area contributed by atoms with Gasteiger partial charge in [-0.1, -0.05) is 0 Å². The molecule has 0 aromatic carbocycles. The third-order valence-corrected chi connectivity index (χ3v) is 3.48. The largest absolute Gasteiger partial charge is 0.480 e. The number of carboxylic acids is 1. The Morgan fingerprint density at radius 3 is 2.90 bits per heavy atom. The molecule has 3 amide bonds. The van der Waals surface area contributed by atoms with Crippen LogP contribution in [0.2, 0.25) is 0 Å². The molecule has 3 N–H and O–H groups in total. The standard InChI is InChI=1S/C12H19N3O5/c16-10-7-15(9(6-13-10)11(17)18)12(19)14-5-8-3-1-2-4-20-8/h8-9H,1-7H2,(H,13,16)(H,14,19)(H,17,18). The predicted octanol–water partition coefficient (Wildman–Crippen LogP) is -0.850. The number of aliphatic carboxylic acids is 1. The molecule has 2 atom stereocenters. The Morgan fingerprint density at radius 1 is 1.45 bits per heavy atom. The zero-order valence-corrected chi connectivity index (χ0v) is 11.1. The third kappa shape index (κ3) is 3.60. The lowest BCUT2D eigenvalue weighted by molar-refractivity contribution is -0.144. The number of urea groups is 1. The Kier molecular flexibility index (Phi) is 4.78. The summed E-state index contributed by atoms with van der Waals surface area (Å²) in [6, 6.07) is -1.57. The van der Waals surface area contributed by atoms with Gasteiger partial charge in [0.25, 0.3) is 0 Å². The number of nitrogens with zero attached hydrogens (tertiary/aromatic N) is 1. The summed E-state index contributed by atoms with van der Waals surface area (Å²) in [6.45, 7) is 0.712. The lowest BCUT2D eigenvalue weighted by atomic mass is 10.1. The first kappa shape index (κ1) is 14.6. The number of nitrogens with one attached hydrogen (secondary N) is 2. The Hall–Kier alpha value is -1.83. The van der Waals surface area contributed by atoms with E-state index in [0.717, 1.165) is 24.2 Å². The van der Waals surface area contributed by atoms with Crippen LogP contribution in [0.5, 0.6) is 0 Å². The molecular weight excluding hydrogens is 266 g/mol. The quantitative estimate of drug-likeness (QED) is 0.626. The maximum absolute atomic E-state index is 12.0. The van der Waals surface area contributed by atoms with E-state index in [2.05, 4.69) is 10.6 Å². The maximum Gasteiger partial charge on any atom is 0.328 e. The first-order valence-corrected chi connectivity index (χ1v) is 6.73. The van der Waals surface area contributed by atoms with Crippen LogP contribution in [0.3, 0.4) is 0 Å². The topological polar surface area (TPSA) is 108 Å². The number of piperazine rings is 1. The van der Waals surface area contributed by atoms with E-state index in [9.17, 15) is 14.4 Å². The monoisotopic (exact) mass is 285 g/mol. The lowest BCUT2D eigenvalue weighted by Gasteiger charge is -2.33. The van der Waals surface area contributed by atoms with Gasteiger partial charge < -0.3 is 20.5 Å². The highest BCUT2D eigenvalue weighted by molar-refractivity contribution is 5.90. The Balaban J connectivity index is 1.87. The second-order valence-electron chi connectivity index (χ2n) is 4.96. The van der Waals surface area contributed by atoms with Crippen LogP contribution in [-0.2, 0) is 14.3 Å². The van der Waals surface area contributed by atoms with Crippen molar-refractivity contribution in [3.8, 4) is 0 Å². The summed E-state index contributed by atoms with van der Waals surface area (Å²) >= 11 is 0. The minimum Gasteiger partial charge on any atom is -0.480 e. The van der Waals surface area contributed by atoms with Gasteiger partial charge in [-0.05, 0) is 19.3 Å². The number of amides is 3. The van der Waals surface area contributed by atoms with Crippen molar-refractivity contribution in [3.63, 3.8) is 0 Å². The molecule has 112 valence electrons. The molecule has 2 saturated heterocycles. The number of hydrogen-bond acceptors (Lipinski definition) is 4.